The van der Waals surface area contributed by atoms with Gasteiger partial charge in [-0.05, 0) is 11.6 Å². The van der Waals surface area contributed by atoms with E-state index in [-0.39, 0.29) is 12.5 Å². The molecule has 0 unspecified atom stereocenters. The highest BCUT2D eigenvalue weighted by Crippen LogP contribution is 2.39. The molecule has 1 amide bonds. The summed E-state index contributed by atoms with van der Waals surface area (Å²) in [5, 5.41) is 3.46. The number of nitrogens with zero attached hydrogens (tertiary/aromatic N) is 1. The maximum Gasteiger partial charge on any atom is 0.348 e. The Morgan fingerprint density at radius 2 is 1.96 bits per heavy atom. The van der Waals surface area contributed by atoms with E-state index in [4.69, 9.17) is 9.47 Å². The van der Waals surface area contributed by atoms with Gasteiger partial charge in [0.1, 0.15) is 4.88 Å². The van der Waals surface area contributed by atoms with Crippen molar-refractivity contribution in [1.82, 2.24) is 5.32 Å². The number of carbonyl (C=O) groups excluding carboxylic acids is 2. The third kappa shape index (κ3) is 4.18. The molecule has 0 radical (unpaired) electrons. The summed E-state index contributed by atoms with van der Waals surface area (Å²) in [5.41, 5.74) is 2.05. The molecule has 2 aromatic rings. The van der Waals surface area contributed by atoms with Crippen molar-refractivity contribution in [2.45, 2.75) is 0 Å². The molecule has 6 nitrogen and oxygen atoms in total. The van der Waals surface area contributed by atoms with Gasteiger partial charge in [0.15, 0.2) is 6.61 Å². The van der Waals surface area contributed by atoms with Crippen molar-refractivity contribution in [3.63, 3.8) is 0 Å². The summed E-state index contributed by atoms with van der Waals surface area (Å²) in [6.45, 7) is 2.63. The number of likely N-dealkylation sites (N-methyl/N-ethyl adjacent to an activating group) is 1. The van der Waals surface area contributed by atoms with Gasteiger partial charge in [-0.3, -0.25) is 4.79 Å². The van der Waals surface area contributed by atoms with Crippen LogP contribution in [-0.4, -0.2) is 51.8 Å². The number of thiophene rings is 1. The molecule has 132 valence electrons. The summed E-state index contributed by atoms with van der Waals surface area (Å²) in [4.78, 5) is 26.3. The number of nitrogens with one attached hydrogen (secondary N) is 1. The van der Waals surface area contributed by atoms with Crippen LogP contribution in [-0.2, 0) is 14.3 Å². The van der Waals surface area contributed by atoms with E-state index in [2.05, 4.69) is 10.2 Å². The summed E-state index contributed by atoms with van der Waals surface area (Å²) < 4.78 is 10.5. The van der Waals surface area contributed by atoms with Crippen LogP contribution in [0.2, 0.25) is 0 Å². The number of anilines is 1. The van der Waals surface area contributed by atoms with Crippen LogP contribution in [0.4, 0.5) is 5.00 Å². The smallest absolute Gasteiger partial charge is 0.348 e. The van der Waals surface area contributed by atoms with Gasteiger partial charge in [-0.25, -0.2) is 4.79 Å². The van der Waals surface area contributed by atoms with Crippen molar-refractivity contribution < 1.29 is 19.1 Å². The minimum absolute atomic E-state index is 0.277. The number of rotatable bonds is 5. The van der Waals surface area contributed by atoms with Gasteiger partial charge in [-0.2, -0.15) is 0 Å². The predicted molar refractivity (Wildman–Crippen MR) is 97.1 cm³/mol. The molecule has 0 aliphatic carbocycles. The lowest BCUT2D eigenvalue weighted by atomic mass is 10.1. The molecule has 25 heavy (non-hydrogen) atoms. The lowest BCUT2D eigenvalue weighted by molar-refractivity contribution is -0.123. The van der Waals surface area contributed by atoms with E-state index >= 15 is 0 Å². The number of hydrogen-bond acceptors (Lipinski definition) is 6. The molecule has 1 aromatic heterocycles. The van der Waals surface area contributed by atoms with Crippen LogP contribution in [0, 0.1) is 0 Å². The molecule has 1 fully saturated rings. The maximum absolute atomic E-state index is 12.3. The molecule has 1 saturated heterocycles. The lowest BCUT2D eigenvalue weighted by Gasteiger charge is -2.28. The Morgan fingerprint density at radius 3 is 2.64 bits per heavy atom. The summed E-state index contributed by atoms with van der Waals surface area (Å²) in [5.74, 6) is -0.813. The van der Waals surface area contributed by atoms with Crippen molar-refractivity contribution in [1.29, 1.82) is 0 Å². The van der Waals surface area contributed by atoms with Crippen molar-refractivity contribution in [2.24, 2.45) is 0 Å². The molecule has 0 bridgehead atoms. The first-order chi connectivity index (χ1) is 12.2. The Bertz CT molecular complexity index is 739. The SMILES string of the molecule is CNC(=O)COC(=O)c1cc(-c2ccccc2)c(N2CCOCC2)s1. The Labute approximate surface area is 150 Å². The number of hydrogen-bond donors (Lipinski definition) is 1. The third-order valence-electron chi connectivity index (χ3n) is 3.91. The van der Waals surface area contributed by atoms with E-state index in [1.54, 1.807) is 0 Å². The maximum atomic E-state index is 12.3. The molecule has 1 aliphatic rings. The van der Waals surface area contributed by atoms with Gasteiger partial charge in [-0.15, -0.1) is 11.3 Å². The van der Waals surface area contributed by atoms with Gasteiger partial charge in [0, 0.05) is 25.7 Å². The topological polar surface area (TPSA) is 67.9 Å². The third-order valence-corrected chi connectivity index (χ3v) is 5.09. The molecule has 2 heterocycles. The zero-order valence-corrected chi connectivity index (χ0v) is 14.8. The zero-order chi connectivity index (χ0) is 17.6. The predicted octanol–water partition coefficient (Wildman–Crippen LogP) is 2.15. The molecule has 1 aromatic carbocycles. The van der Waals surface area contributed by atoms with Crippen LogP contribution >= 0.6 is 11.3 Å². The Morgan fingerprint density at radius 1 is 1.24 bits per heavy atom. The number of ether oxygens (including phenoxy) is 2. The Kier molecular flexibility index (Phi) is 5.67. The van der Waals surface area contributed by atoms with Gasteiger partial charge < -0.3 is 19.7 Å². The average Bonchev–Trinajstić information content (AvgIpc) is 3.12. The minimum Gasteiger partial charge on any atom is -0.451 e. The molecule has 0 spiro atoms. The minimum atomic E-state index is -0.481. The van der Waals surface area contributed by atoms with E-state index in [1.165, 1.54) is 18.4 Å². The molecule has 1 N–H and O–H groups in total. The van der Waals surface area contributed by atoms with Gasteiger partial charge in [0.05, 0.1) is 18.2 Å². The first-order valence-corrected chi connectivity index (χ1v) is 8.90. The van der Waals surface area contributed by atoms with Gasteiger partial charge in [0.25, 0.3) is 5.91 Å². The first-order valence-electron chi connectivity index (χ1n) is 8.08. The molecule has 7 heteroatoms. The second-order valence-corrected chi connectivity index (χ2v) is 6.57. The van der Waals surface area contributed by atoms with E-state index in [1.807, 2.05) is 36.4 Å². The number of morpholine rings is 1. The molecular weight excluding hydrogens is 340 g/mol. The fourth-order valence-electron chi connectivity index (χ4n) is 2.58. The monoisotopic (exact) mass is 360 g/mol. The van der Waals surface area contributed by atoms with Crippen LogP contribution in [0.3, 0.4) is 0 Å². The second-order valence-electron chi connectivity index (χ2n) is 5.54. The first kappa shape index (κ1) is 17.4. The van der Waals surface area contributed by atoms with Crippen molar-refractivity contribution in [2.75, 3.05) is 44.9 Å². The van der Waals surface area contributed by atoms with Crippen LogP contribution in [0.25, 0.3) is 11.1 Å². The van der Waals surface area contributed by atoms with Crippen LogP contribution in [0.15, 0.2) is 36.4 Å². The molecular formula is C18H20N2O4S. The lowest BCUT2D eigenvalue weighted by Crippen LogP contribution is -2.35. The summed E-state index contributed by atoms with van der Waals surface area (Å²) >= 11 is 1.39. The van der Waals surface area contributed by atoms with Gasteiger partial charge in [-0.1, -0.05) is 30.3 Å². The second kappa shape index (κ2) is 8.13. The van der Waals surface area contributed by atoms with E-state index in [0.29, 0.717) is 18.1 Å². The fourth-order valence-corrected chi connectivity index (χ4v) is 3.71. The van der Waals surface area contributed by atoms with E-state index < -0.39 is 5.97 Å². The normalized spacial score (nSPS) is 14.2. The summed E-state index contributed by atoms with van der Waals surface area (Å²) in [6.07, 6.45) is 0. The molecule has 0 atom stereocenters. The zero-order valence-electron chi connectivity index (χ0n) is 14.0. The highest BCUT2D eigenvalue weighted by molar-refractivity contribution is 7.18. The number of carbonyl (C=O) groups is 2. The standard InChI is InChI=1S/C18H20N2O4S/c1-19-16(21)12-24-18(22)15-11-14(13-5-3-2-4-6-13)17(25-15)20-7-9-23-10-8-20/h2-6,11H,7-10,12H2,1H3,(H,19,21). The highest BCUT2D eigenvalue weighted by Gasteiger charge is 2.22. The van der Waals surface area contributed by atoms with Crippen LogP contribution in [0.1, 0.15) is 9.67 Å². The summed E-state index contributed by atoms with van der Waals surface area (Å²) in [6, 6.07) is 11.8. The largest absolute Gasteiger partial charge is 0.451 e. The van der Waals surface area contributed by atoms with Crippen LogP contribution < -0.4 is 10.2 Å². The van der Waals surface area contributed by atoms with E-state index in [0.717, 1.165) is 29.2 Å². The number of amides is 1. The van der Waals surface area contributed by atoms with Crippen molar-refractivity contribution >= 4 is 28.2 Å². The van der Waals surface area contributed by atoms with Crippen molar-refractivity contribution in [3.8, 4) is 11.1 Å². The average molecular weight is 360 g/mol. The fraction of sp³-hybridized carbons (Fsp3) is 0.333. The van der Waals surface area contributed by atoms with E-state index in [9.17, 15) is 9.59 Å². The Hall–Kier alpha value is -2.38. The molecule has 0 saturated carbocycles. The molecule has 1 aliphatic heterocycles. The quantitative estimate of drug-likeness (QED) is 0.828. The Balaban J connectivity index is 1.88. The van der Waals surface area contributed by atoms with Crippen molar-refractivity contribution in [3.05, 3.63) is 41.3 Å². The molecule has 3 rings (SSSR count). The number of benzene rings is 1. The number of esters is 1. The highest BCUT2D eigenvalue weighted by atomic mass is 32.1. The van der Waals surface area contributed by atoms with Gasteiger partial charge >= 0.3 is 5.97 Å². The summed E-state index contributed by atoms with van der Waals surface area (Å²) in [7, 11) is 1.51. The van der Waals surface area contributed by atoms with Crippen LogP contribution in [0.5, 0.6) is 0 Å². The van der Waals surface area contributed by atoms with Gasteiger partial charge in [0.2, 0.25) is 0 Å².